The van der Waals surface area contributed by atoms with Gasteiger partial charge in [0.1, 0.15) is 17.5 Å². The van der Waals surface area contributed by atoms with E-state index in [0.717, 1.165) is 10.7 Å². The lowest BCUT2D eigenvalue weighted by molar-refractivity contribution is -0.116. The van der Waals surface area contributed by atoms with Crippen molar-refractivity contribution in [2.75, 3.05) is 5.43 Å². The summed E-state index contributed by atoms with van der Waals surface area (Å²) < 4.78 is 27.6. The number of amides is 1. The van der Waals surface area contributed by atoms with Crippen molar-refractivity contribution in [3.05, 3.63) is 75.8 Å². The molecule has 2 aromatic carbocycles. The first-order valence-corrected chi connectivity index (χ1v) is 7.73. The fourth-order valence-electron chi connectivity index (χ4n) is 2.55. The molecule has 0 saturated heterocycles. The third kappa shape index (κ3) is 3.55. The van der Waals surface area contributed by atoms with E-state index < -0.39 is 23.1 Å². The van der Waals surface area contributed by atoms with Gasteiger partial charge in [-0.2, -0.15) is 0 Å². The zero-order chi connectivity index (χ0) is 18.0. The number of halogens is 2. The molecule has 1 heterocycles. The first kappa shape index (κ1) is 16.8. The summed E-state index contributed by atoms with van der Waals surface area (Å²) in [7, 11) is 0. The average Bonchev–Trinajstić information content (AvgIpc) is 2.57. The van der Waals surface area contributed by atoms with E-state index in [1.165, 1.54) is 30.3 Å². The Morgan fingerprint density at radius 3 is 2.64 bits per heavy atom. The molecular formula is C18H15F2N3O2. The zero-order valence-corrected chi connectivity index (χ0v) is 13.4. The highest BCUT2D eigenvalue weighted by atomic mass is 19.1. The predicted octanol–water partition coefficient (Wildman–Crippen LogP) is 2.55. The molecule has 0 unspecified atom stereocenters. The maximum atomic E-state index is 13.3. The van der Waals surface area contributed by atoms with Crippen LogP contribution in [0.5, 0.6) is 0 Å². The first-order chi connectivity index (χ1) is 12.0. The summed E-state index contributed by atoms with van der Waals surface area (Å²) in [6, 6.07) is 9.33. The van der Waals surface area contributed by atoms with Gasteiger partial charge in [-0.15, -0.1) is 0 Å². The molecule has 1 amide bonds. The minimum absolute atomic E-state index is 0.0885. The maximum absolute atomic E-state index is 13.3. The number of nitrogens with zero attached hydrogens (tertiary/aromatic N) is 2. The van der Waals surface area contributed by atoms with Gasteiger partial charge >= 0.3 is 0 Å². The Balaban J connectivity index is 1.95. The van der Waals surface area contributed by atoms with Crippen molar-refractivity contribution in [2.24, 2.45) is 0 Å². The SMILES string of the molecule is CCc1nc2cc(F)ccc2c(=O)n1NC(=O)Cc1cccc(F)c1. The fourth-order valence-corrected chi connectivity index (χ4v) is 2.55. The van der Waals surface area contributed by atoms with Crippen molar-refractivity contribution in [1.29, 1.82) is 0 Å². The van der Waals surface area contributed by atoms with Crippen molar-refractivity contribution >= 4 is 16.8 Å². The van der Waals surface area contributed by atoms with Crippen LogP contribution < -0.4 is 11.0 Å². The highest BCUT2D eigenvalue weighted by Gasteiger charge is 2.13. The number of benzene rings is 2. The van der Waals surface area contributed by atoms with Gasteiger partial charge in [0.15, 0.2) is 0 Å². The second-order valence-electron chi connectivity index (χ2n) is 5.53. The van der Waals surface area contributed by atoms with Crippen LogP contribution in [0.4, 0.5) is 8.78 Å². The van der Waals surface area contributed by atoms with Crippen LogP contribution >= 0.6 is 0 Å². The Morgan fingerprint density at radius 2 is 1.92 bits per heavy atom. The van der Waals surface area contributed by atoms with E-state index in [2.05, 4.69) is 10.4 Å². The molecule has 25 heavy (non-hydrogen) atoms. The van der Waals surface area contributed by atoms with E-state index in [4.69, 9.17) is 0 Å². The third-order valence-corrected chi connectivity index (χ3v) is 3.71. The smallest absolute Gasteiger partial charge is 0.273 e. The van der Waals surface area contributed by atoms with Crippen molar-refractivity contribution in [2.45, 2.75) is 19.8 Å². The van der Waals surface area contributed by atoms with Gasteiger partial charge in [-0.05, 0) is 29.8 Å². The van der Waals surface area contributed by atoms with Gasteiger partial charge in [-0.1, -0.05) is 19.1 Å². The Bertz CT molecular complexity index is 1010. The molecule has 128 valence electrons. The predicted molar refractivity (Wildman–Crippen MR) is 89.8 cm³/mol. The quantitative estimate of drug-likeness (QED) is 0.792. The van der Waals surface area contributed by atoms with E-state index in [1.807, 2.05) is 0 Å². The molecule has 0 aliphatic heterocycles. The number of carbonyl (C=O) groups is 1. The molecule has 3 rings (SSSR count). The summed E-state index contributed by atoms with van der Waals surface area (Å²) in [4.78, 5) is 29.0. The molecule has 7 heteroatoms. The molecule has 0 fully saturated rings. The molecule has 0 aliphatic carbocycles. The van der Waals surface area contributed by atoms with E-state index in [9.17, 15) is 18.4 Å². The number of hydrogen-bond donors (Lipinski definition) is 1. The highest BCUT2D eigenvalue weighted by molar-refractivity contribution is 5.86. The summed E-state index contributed by atoms with van der Waals surface area (Å²) >= 11 is 0. The Labute approximate surface area is 141 Å². The van der Waals surface area contributed by atoms with E-state index in [-0.39, 0.29) is 17.3 Å². The van der Waals surface area contributed by atoms with Crippen LogP contribution in [0.1, 0.15) is 18.3 Å². The fraction of sp³-hybridized carbons (Fsp3) is 0.167. The minimum atomic E-state index is -0.491. The van der Waals surface area contributed by atoms with Crippen LogP contribution in [0.15, 0.2) is 47.3 Å². The average molecular weight is 343 g/mol. The zero-order valence-electron chi connectivity index (χ0n) is 13.4. The molecule has 1 N–H and O–H groups in total. The second kappa shape index (κ2) is 6.80. The normalized spacial score (nSPS) is 10.8. The lowest BCUT2D eigenvalue weighted by atomic mass is 10.1. The van der Waals surface area contributed by atoms with Crippen molar-refractivity contribution in [3.8, 4) is 0 Å². The number of rotatable bonds is 4. The Kier molecular flexibility index (Phi) is 4.56. The van der Waals surface area contributed by atoms with Gasteiger partial charge in [0.05, 0.1) is 17.3 Å². The number of nitrogens with one attached hydrogen (secondary N) is 1. The lowest BCUT2D eigenvalue weighted by Gasteiger charge is -2.13. The van der Waals surface area contributed by atoms with Gasteiger partial charge in [0, 0.05) is 12.5 Å². The maximum Gasteiger partial charge on any atom is 0.280 e. The second-order valence-corrected chi connectivity index (χ2v) is 5.53. The number of fused-ring (bicyclic) bond motifs is 1. The molecule has 0 aliphatic rings. The van der Waals surface area contributed by atoms with Crippen LogP contribution in [0, 0.1) is 11.6 Å². The first-order valence-electron chi connectivity index (χ1n) is 7.73. The Hall–Kier alpha value is -3.09. The van der Waals surface area contributed by atoms with Crippen LogP contribution in [0.25, 0.3) is 10.9 Å². The third-order valence-electron chi connectivity index (χ3n) is 3.71. The molecule has 0 bridgehead atoms. The monoisotopic (exact) mass is 343 g/mol. The van der Waals surface area contributed by atoms with Crippen LogP contribution in [0.3, 0.4) is 0 Å². The van der Waals surface area contributed by atoms with Crippen molar-refractivity contribution in [1.82, 2.24) is 9.66 Å². The summed E-state index contributed by atoms with van der Waals surface area (Å²) in [6.45, 7) is 1.77. The van der Waals surface area contributed by atoms with E-state index in [1.54, 1.807) is 13.0 Å². The summed E-state index contributed by atoms with van der Waals surface area (Å²) in [6.07, 6.45) is 0.275. The molecule has 0 spiro atoms. The number of aromatic nitrogens is 2. The minimum Gasteiger partial charge on any atom is -0.273 e. The number of carbonyl (C=O) groups excluding carboxylic acids is 1. The number of hydrogen-bond acceptors (Lipinski definition) is 3. The van der Waals surface area contributed by atoms with Gasteiger partial charge in [0.2, 0.25) is 5.91 Å². The molecule has 0 saturated carbocycles. The van der Waals surface area contributed by atoms with Crippen molar-refractivity contribution in [3.63, 3.8) is 0 Å². The molecular weight excluding hydrogens is 328 g/mol. The van der Waals surface area contributed by atoms with E-state index in [0.29, 0.717) is 17.8 Å². The van der Waals surface area contributed by atoms with Gasteiger partial charge in [-0.25, -0.2) is 18.4 Å². The molecule has 1 aromatic heterocycles. The number of aryl methyl sites for hydroxylation is 1. The van der Waals surface area contributed by atoms with Crippen LogP contribution in [-0.2, 0) is 17.6 Å². The molecule has 3 aromatic rings. The standard InChI is InChI=1S/C18H15F2N3O2/c1-2-16-21-15-10-13(20)6-7-14(15)18(25)23(16)22-17(24)9-11-4-3-5-12(19)8-11/h3-8,10H,2,9H2,1H3,(H,22,24). The summed E-state index contributed by atoms with van der Waals surface area (Å²) in [5.41, 5.74) is 2.72. The lowest BCUT2D eigenvalue weighted by Crippen LogP contribution is -2.37. The highest BCUT2D eigenvalue weighted by Crippen LogP contribution is 2.11. The molecule has 0 radical (unpaired) electrons. The van der Waals surface area contributed by atoms with Crippen LogP contribution in [0.2, 0.25) is 0 Å². The van der Waals surface area contributed by atoms with Crippen molar-refractivity contribution < 1.29 is 13.6 Å². The van der Waals surface area contributed by atoms with Gasteiger partial charge < -0.3 is 0 Å². The van der Waals surface area contributed by atoms with E-state index >= 15 is 0 Å². The summed E-state index contributed by atoms with van der Waals surface area (Å²) in [5, 5.41) is 0.199. The topological polar surface area (TPSA) is 64.0 Å². The van der Waals surface area contributed by atoms with Gasteiger partial charge in [-0.3, -0.25) is 15.0 Å². The summed E-state index contributed by atoms with van der Waals surface area (Å²) in [5.74, 6) is -1.11. The van der Waals surface area contributed by atoms with Crippen LogP contribution in [-0.4, -0.2) is 15.6 Å². The molecule has 0 atom stereocenters. The van der Waals surface area contributed by atoms with Gasteiger partial charge in [0.25, 0.3) is 5.56 Å². The largest absolute Gasteiger partial charge is 0.280 e. The molecule has 5 nitrogen and oxygen atoms in total. The Morgan fingerprint density at radius 1 is 1.16 bits per heavy atom.